The zero-order valence-electron chi connectivity index (χ0n) is 13.4. The molecule has 2 aromatic rings. The van der Waals surface area contributed by atoms with Gasteiger partial charge in [-0.05, 0) is 31.9 Å². The van der Waals surface area contributed by atoms with Crippen LogP contribution in [0.2, 0.25) is 0 Å². The SMILES string of the molecule is Cc1cc(C(=O)Nc2ccc(N3CCCC(C(N)=O)C3)nc2)on1. The van der Waals surface area contributed by atoms with Crippen molar-refractivity contribution in [2.24, 2.45) is 11.7 Å². The summed E-state index contributed by atoms with van der Waals surface area (Å²) in [7, 11) is 0. The first kappa shape index (κ1) is 16.0. The van der Waals surface area contributed by atoms with E-state index in [1.165, 1.54) is 0 Å². The number of nitrogens with one attached hydrogen (secondary N) is 1. The summed E-state index contributed by atoms with van der Waals surface area (Å²) in [6, 6.07) is 5.14. The lowest BCUT2D eigenvalue weighted by molar-refractivity contribution is -0.122. The maximum atomic E-state index is 12.0. The molecule has 1 atom stereocenters. The third kappa shape index (κ3) is 3.53. The van der Waals surface area contributed by atoms with Crippen LogP contribution in [-0.2, 0) is 4.79 Å². The molecule has 0 aromatic carbocycles. The molecule has 8 nitrogen and oxygen atoms in total. The molecule has 2 amide bonds. The van der Waals surface area contributed by atoms with Crippen molar-refractivity contribution in [2.45, 2.75) is 19.8 Å². The number of hydrogen-bond donors (Lipinski definition) is 2. The first-order chi connectivity index (χ1) is 11.5. The summed E-state index contributed by atoms with van der Waals surface area (Å²) in [6.07, 6.45) is 3.29. The Morgan fingerprint density at radius 2 is 2.25 bits per heavy atom. The predicted molar refractivity (Wildman–Crippen MR) is 87.6 cm³/mol. The summed E-state index contributed by atoms with van der Waals surface area (Å²) in [5.41, 5.74) is 6.59. The van der Waals surface area contributed by atoms with E-state index in [1.807, 2.05) is 11.0 Å². The molecule has 3 rings (SSSR count). The van der Waals surface area contributed by atoms with Crippen molar-refractivity contribution in [3.63, 3.8) is 0 Å². The van der Waals surface area contributed by atoms with E-state index in [1.54, 1.807) is 25.3 Å². The lowest BCUT2D eigenvalue weighted by Gasteiger charge is -2.32. The molecule has 1 aliphatic heterocycles. The number of aromatic nitrogens is 2. The molecule has 1 fully saturated rings. The molecule has 0 bridgehead atoms. The van der Waals surface area contributed by atoms with Crippen molar-refractivity contribution in [3.8, 4) is 0 Å². The molecule has 0 spiro atoms. The van der Waals surface area contributed by atoms with Gasteiger partial charge in [0.25, 0.3) is 5.91 Å². The topological polar surface area (TPSA) is 114 Å². The number of amides is 2. The van der Waals surface area contributed by atoms with Crippen molar-refractivity contribution in [1.82, 2.24) is 10.1 Å². The minimum Gasteiger partial charge on any atom is -0.369 e. The molecule has 126 valence electrons. The van der Waals surface area contributed by atoms with Crippen molar-refractivity contribution >= 4 is 23.3 Å². The monoisotopic (exact) mass is 329 g/mol. The van der Waals surface area contributed by atoms with Crippen molar-refractivity contribution in [3.05, 3.63) is 35.9 Å². The average molecular weight is 329 g/mol. The average Bonchev–Trinajstić information content (AvgIpc) is 3.02. The highest BCUT2D eigenvalue weighted by molar-refractivity contribution is 6.02. The normalized spacial score (nSPS) is 17.5. The second-order valence-electron chi connectivity index (χ2n) is 5.88. The molecule has 0 aliphatic carbocycles. The number of pyridine rings is 1. The smallest absolute Gasteiger partial charge is 0.294 e. The summed E-state index contributed by atoms with van der Waals surface area (Å²) in [5.74, 6) is 0.115. The number of anilines is 2. The zero-order valence-corrected chi connectivity index (χ0v) is 13.4. The van der Waals surface area contributed by atoms with Crippen molar-refractivity contribution in [1.29, 1.82) is 0 Å². The minimum absolute atomic E-state index is 0.144. The van der Waals surface area contributed by atoms with Crippen LogP contribution < -0.4 is 16.0 Å². The lowest BCUT2D eigenvalue weighted by Crippen LogP contribution is -2.41. The van der Waals surface area contributed by atoms with E-state index in [9.17, 15) is 9.59 Å². The maximum absolute atomic E-state index is 12.0. The molecule has 2 aromatic heterocycles. The van der Waals surface area contributed by atoms with E-state index in [-0.39, 0.29) is 23.5 Å². The number of primary amides is 1. The first-order valence-electron chi connectivity index (χ1n) is 7.78. The van der Waals surface area contributed by atoms with Gasteiger partial charge in [0.2, 0.25) is 11.7 Å². The van der Waals surface area contributed by atoms with Gasteiger partial charge in [0, 0.05) is 19.2 Å². The van der Waals surface area contributed by atoms with Crippen molar-refractivity contribution < 1.29 is 14.1 Å². The van der Waals surface area contributed by atoms with Crippen LogP contribution in [-0.4, -0.2) is 35.0 Å². The molecule has 8 heteroatoms. The van der Waals surface area contributed by atoms with Gasteiger partial charge in [-0.3, -0.25) is 9.59 Å². The Hall–Kier alpha value is -2.90. The molecule has 0 saturated carbocycles. The Morgan fingerprint density at radius 3 is 2.88 bits per heavy atom. The van der Waals surface area contributed by atoms with Crippen LogP contribution in [0.15, 0.2) is 28.9 Å². The van der Waals surface area contributed by atoms with Gasteiger partial charge in [-0.1, -0.05) is 5.16 Å². The molecule has 3 N–H and O–H groups in total. The summed E-state index contributed by atoms with van der Waals surface area (Å²) < 4.78 is 4.92. The van der Waals surface area contributed by atoms with Gasteiger partial charge in [-0.15, -0.1) is 0 Å². The summed E-state index contributed by atoms with van der Waals surface area (Å²) in [6.45, 7) is 3.15. The number of hydrogen-bond acceptors (Lipinski definition) is 6. The van der Waals surface area contributed by atoms with Gasteiger partial charge >= 0.3 is 0 Å². The number of rotatable bonds is 4. The van der Waals surface area contributed by atoms with Crippen molar-refractivity contribution in [2.75, 3.05) is 23.3 Å². The number of nitrogens with two attached hydrogens (primary N) is 1. The van der Waals surface area contributed by atoms with Gasteiger partial charge in [0.1, 0.15) is 5.82 Å². The number of aryl methyl sites for hydroxylation is 1. The van der Waals surface area contributed by atoms with Gasteiger partial charge in [-0.25, -0.2) is 4.98 Å². The number of carbonyl (C=O) groups excluding carboxylic acids is 2. The third-order valence-electron chi connectivity index (χ3n) is 4.01. The second-order valence-corrected chi connectivity index (χ2v) is 5.88. The molecule has 1 saturated heterocycles. The Morgan fingerprint density at radius 1 is 1.42 bits per heavy atom. The zero-order chi connectivity index (χ0) is 17.1. The highest BCUT2D eigenvalue weighted by Crippen LogP contribution is 2.22. The van der Waals surface area contributed by atoms with E-state index in [2.05, 4.69) is 15.5 Å². The molecule has 1 aliphatic rings. The van der Waals surface area contributed by atoms with Gasteiger partial charge in [0.05, 0.1) is 23.5 Å². The highest BCUT2D eigenvalue weighted by atomic mass is 16.5. The minimum atomic E-state index is -0.378. The molecule has 0 radical (unpaired) electrons. The highest BCUT2D eigenvalue weighted by Gasteiger charge is 2.24. The third-order valence-corrected chi connectivity index (χ3v) is 4.01. The van der Waals surface area contributed by atoms with Gasteiger partial charge in [-0.2, -0.15) is 0 Å². The Labute approximate surface area is 139 Å². The molecular weight excluding hydrogens is 310 g/mol. The fraction of sp³-hybridized carbons (Fsp3) is 0.375. The first-order valence-corrected chi connectivity index (χ1v) is 7.78. The van der Waals surface area contributed by atoms with Crippen LogP contribution in [0.3, 0.4) is 0 Å². The molecule has 1 unspecified atom stereocenters. The lowest BCUT2D eigenvalue weighted by atomic mass is 9.97. The standard InChI is InChI=1S/C16H19N5O3/c1-10-7-13(24-20-10)16(23)19-12-4-5-14(18-8-12)21-6-2-3-11(9-21)15(17)22/h4-5,7-8,11H,2-3,6,9H2,1H3,(H2,17,22)(H,19,23). The van der Waals surface area contributed by atoms with Gasteiger partial charge < -0.3 is 20.5 Å². The van der Waals surface area contributed by atoms with Crippen LogP contribution in [0.4, 0.5) is 11.5 Å². The molecule has 3 heterocycles. The number of carbonyl (C=O) groups is 2. The molecular formula is C16H19N5O3. The van der Waals surface area contributed by atoms with Crippen LogP contribution in [0, 0.1) is 12.8 Å². The van der Waals surface area contributed by atoms with E-state index in [4.69, 9.17) is 10.3 Å². The van der Waals surface area contributed by atoms with E-state index in [0.29, 0.717) is 17.9 Å². The van der Waals surface area contributed by atoms with Gasteiger partial charge in [0.15, 0.2) is 0 Å². The Bertz CT molecular complexity index is 740. The van der Waals surface area contributed by atoms with Crippen LogP contribution in [0.5, 0.6) is 0 Å². The Balaban J connectivity index is 1.65. The quantitative estimate of drug-likeness (QED) is 0.874. The number of nitrogens with zero attached hydrogens (tertiary/aromatic N) is 3. The van der Waals surface area contributed by atoms with E-state index >= 15 is 0 Å². The molecule has 24 heavy (non-hydrogen) atoms. The largest absolute Gasteiger partial charge is 0.369 e. The van der Waals surface area contributed by atoms with E-state index in [0.717, 1.165) is 25.2 Å². The van der Waals surface area contributed by atoms with Crippen LogP contribution in [0.25, 0.3) is 0 Å². The summed E-state index contributed by atoms with van der Waals surface area (Å²) in [5, 5.41) is 6.38. The predicted octanol–water partition coefficient (Wildman–Crippen LogP) is 1.33. The Kier molecular flexibility index (Phi) is 4.45. The summed E-state index contributed by atoms with van der Waals surface area (Å²) in [4.78, 5) is 29.7. The number of piperidine rings is 1. The maximum Gasteiger partial charge on any atom is 0.294 e. The second kappa shape index (κ2) is 6.69. The fourth-order valence-corrected chi connectivity index (χ4v) is 2.73. The fourth-order valence-electron chi connectivity index (χ4n) is 2.73. The van der Waals surface area contributed by atoms with Crippen LogP contribution >= 0.6 is 0 Å². The van der Waals surface area contributed by atoms with E-state index < -0.39 is 0 Å². The summed E-state index contributed by atoms with van der Waals surface area (Å²) >= 11 is 0. The van der Waals surface area contributed by atoms with Crippen LogP contribution in [0.1, 0.15) is 29.1 Å².